The summed E-state index contributed by atoms with van der Waals surface area (Å²) in [6, 6.07) is 12.9. The van der Waals surface area contributed by atoms with Gasteiger partial charge in [-0.05, 0) is 42.5 Å². The van der Waals surface area contributed by atoms with Crippen molar-refractivity contribution in [3.8, 4) is 0 Å². The van der Waals surface area contributed by atoms with Crippen LogP contribution in [0.3, 0.4) is 0 Å². The van der Waals surface area contributed by atoms with E-state index in [2.05, 4.69) is 5.32 Å². The van der Waals surface area contributed by atoms with Gasteiger partial charge < -0.3 is 26.0 Å². The van der Waals surface area contributed by atoms with Gasteiger partial charge in [0.15, 0.2) is 0 Å². The first-order valence-corrected chi connectivity index (χ1v) is 8.55. The van der Waals surface area contributed by atoms with E-state index in [9.17, 15) is 15.0 Å². The third kappa shape index (κ3) is 5.47. The highest BCUT2D eigenvalue weighted by molar-refractivity contribution is 5.67. The average molecular weight is 358 g/mol. The highest BCUT2D eigenvalue weighted by atomic mass is 16.5. The number of hydrogen-bond acceptors (Lipinski definition) is 5. The molecule has 0 aromatic heterocycles. The summed E-state index contributed by atoms with van der Waals surface area (Å²) in [5, 5.41) is 23.1. The number of ether oxygens (including phenoxy) is 1. The number of carbonyl (C=O) groups is 1. The van der Waals surface area contributed by atoms with E-state index in [1.54, 1.807) is 12.1 Å². The van der Waals surface area contributed by atoms with Crippen LogP contribution in [0.5, 0.6) is 0 Å². The van der Waals surface area contributed by atoms with E-state index in [0.29, 0.717) is 11.3 Å². The molecule has 6 heteroatoms. The van der Waals surface area contributed by atoms with Gasteiger partial charge in [0, 0.05) is 12.2 Å². The summed E-state index contributed by atoms with van der Waals surface area (Å²) in [6.07, 6.45) is -2.42. The van der Waals surface area contributed by atoms with Gasteiger partial charge in [-0.15, -0.1) is 0 Å². The zero-order chi connectivity index (χ0) is 19.1. The molecule has 0 aliphatic rings. The molecule has 0 saturated carbocycles. The number of hydrogen-bond donors (Lipinski definition) is 4. The molecule has 0 radical (unpaired) electrons. The molecule has 5 N–H and O–H groups in total. The maximum atomic E-state index is 11.7. The third-order valence-corrected chi connectivity index (χ3v) is 4.24. The minimum absolute atomic E-state index is 0.182. The molecule has 0 aliphatic carbocycles. The smallest absolute Gasteiger partial charge is 0.407 e. The second kappa shape index (κ2) is 9.22. The van der Waals surface area contributed by atoms with Gasteiger partial charge in [-0.3, -0.25) is 0 Å². The summed E-state index contributed by atoms with van der Waals surface area (Å²) in [5.74, 6) is 0. The number of aryl methyl sites for hydroxylation is 2. The zero-order valence-corrected chi connectivity index (χ0v) is 15.1. The quantitative estimate of drug-likeness (QED) is 0.570. The van der Waals surface area contributed by atoms with Gasteiger partial charge >= 0.3 is 6.09 Å². The van der Waals surface area contributed by atoms with Crippen molar-refractivity contribution in [1.29, 1.82) is 0 Å². The number of benzene rings is 2. The summed E-state index contributed by atoms with van der Waals surface area (Å²) in [7, 11) is 0. The van der Waals surface area contributed by atoms with Gasteiger partial charge in [0.1, 0.15) is 12.7 Å². The van der Waals surface area contributed by atoms with Crippen LogP contribution < -0.4 is 11.1 Å². The lowest BCUT2D eigenvalue weighted by Gasteiger charge is -2.20. The molecule has 0 saturated heterocycles. The van der Waals surface area contributed by atoms with E-state index in [-0.39, 0.29) is 19.6 Å². The molecule has 2 atom stereocenters. The van der Waals surface area contributed by atoms with Gasteiger partial charge in [-0.1, -0.05) is 42.5 Å². The Morgan fingerprint density at radius 2 is 1.77 bits per heavy atom. The molecule has 1 amide bonds. The van der Waals surface area contributed by atoms with Crippen LogP contribution in [0.25, 0.3) is 0 Å². The Bertz CT molecular complexity index is 711. The fourth-order valence-corrected chi connectivity index (χ4v) is 2.66. The Balaban J connectivity index is 1.77. The number of rotatable bonds is 7. The van der Waals surface area contributed by atoms with Crippen molar-refractivity contribution in [3.63, 3.8) is 0 Å². The largest absolute Gasteiger partial charge is 0.445 e. The minimum atomic E-state index is -1.05. The molecule has 0 heterocycles. The van der Waals surface area contributed by atoms with Crippen LogP contribution in [0.2, 0.25) is 0 Å². The molecule has 0 spiro atoms. The molecule has 2 aromatic rings. The SMILES string of the molecule is Cc1cc(C(O)C(O)CCNC(=O)OCc2ccccc2)cc(C)c1N. The molecule has 2 unspecified atom stereocenters. The first-order chi connectivity index (χ1) is 12.4. The Morgan fingerprint density at radius 1 is 1.15 bits per heavy atom. The first kappa shape index (κ1) is 19.8. The standard InChI is InChI=1S/C20H26N2O4/c1-13-10-16(11-14(2)18(13)21)19(24)17(23)8-9-22-20(25)26-12-15-6-4-3-5-7-15/h3-7,10-11,17,19,23-24H,8-9,12,21H2,1-2H3,(H,22,25). The Morgan fingerprint density at radius 3 is 2.38 bits per heavy atom. The molecular weight excluding hydrogens is 332 g/mol. The predicted octanol–water partition coefficient (Wildman–Crippen LogP) is 2.60. The van der Waals surface area contributed by atoms with Gasteiger partial charge in [0.2, 0.25) is 0 Å². The number of amides is 1. The maximum Gasteiger partial charge on any atom is 0.407 e. The number of anilines is 1. The predicted molar refractivity (Wildman–Crippen MR) is 101 cm³/mol. The van der Waals surface area contributed by atoms with Crippen molar-refractivity contribution < 1.29 is 19.7 Å². The number of aliphatic hydroxyl groups is 2. The van der Waals surface area contributed by atoms with E-state index < -0.39 is 18.3 Å². The van der Waals surface area contributed by atoms with Crippen LogP contribution in [0, 0.1) is 13.8 Å². The first-order valence-electron chi connectivity index (χ1n) is 8.55. The molecule has 6 nitrogen and oxygen atoms in total. The van der Waals surface area contributed by atoms with E-state index in [0.717, 1.165) is 16.7 Å². The monoisotopic (exact) mass is 358 g/mol. The molecular formula is C20H26N2O4. The molecule has 0 aliphatic heterocycles. The van der Waals surface area contributed by atoms with Gasteiger partial charge in [0.25, 0.3) is 0 Å². The van der Waals surface area contributed by atoms with Crippen molar-refractivity contribution in [2.45, 2.75) is 39.1 Å². The molecule has 26 heavy (non-hydrogen) atoms. The normalized spacial score (nSPS) is 13.1. The number of nitrogen functional groups attached to an aromatic ring is 1. The number of nitrogens with two attached hydrogens (primary N) is 1. The van der Waals surface area contributed by atoms with Crippen molar-refractivity contribution in [1.82, 2.24) is 5.32 Å². The summed E-state index contributed by atoms with van der Waals surface area (Å²) in [5.41, 5.74) is 9.80. The van der Waals surface area contributed by atoms with Crippen LogP contribution in [-0.4, -0.2) is 29.0 Å². The Hall–Kier alpha value is -2.57. The van der Waals surface area contributed by atoms with E-state index in [1.165, 1.54) is 0 Å². The lowest BCUT2D eigenvalue weighted by molar-refractivity contribution is 0.0136. The second-order valence-electron chi connectivity index (χ2n) is 6.36. The van der Waals surface area contributed by atoms with Crippen LogP contribution >= 0.6 is 0 Å². The summed E-state index contributed by atoms with van der Waals surface area (Å²) in [4.78, 5) is 11.7. The third-order valence-electron chi connectivity index (χ3n) is 4.24. The number of alkyl carbamates (subject to hydrolysis) is 1. The number of nitrogens with one attached hydrogen (secondary N) is 1. The van der Waals surface area contributed by atoms with Gasteiger partial charge in [-0.2, -0.15) is 0 Å². The van der Waals surface area contributed by atoms with Crippen LogP contribution in [0.15, 0.2) is 42.5 Å². The molecule has 0 fully saturated rings. The average Bonchev–Trinajstić information content (AvgIpc) is 2.64. The van der Waals surface area contributed by atoms with Crippen molar-refractivity contribution in [2.75, 3.05) is 12.3 Å². The van der Waals surface area contributed by atoms with E-state index in [1.807, 2.05) is 44.2 Å². The highest BCUT2D eigenvalue weighted by Crippen LogP contribution is 2.25. The molecule has 2 aromatic carbocycles. The van der Waals surface area contributed by atoms with Crippen LogP contribution in [0.1, 0.15) is 34.8 Å². The zero-order valence-electron chi connectivity index (χ0n) is 15.1. The lowest BCUT2D eigenvalue weighted by atomic mass is 9.97. The van der Waals surface area contributed by atoms with Crippen molar-refractivity contribution >= 4 is 11.8 Å². The van der Waals surface area contributed by atoms with Crippen molar-refractivity contribution in [2.24, 2.45) is 0 Å². The number of aliphatic hydroxyl groups excluding tert-OH is 2. The maximum absolute atomic E-state index is 11.7. The fraction of sp³-hybridized carbons (Fsp3) is 0.350. The Labute approximate surface area is 153 Å². The van der Waals surface area contributed by atoms with E-state index in [4.69, 9.17) is 10.5 Å². The summed E-state index contributed by atoms with van der Waals surface area (Å²) in [6.45, 7) is 4.09. The van der Waals surface area contributed by atoms with Gasteiger partial charge in [0.05, 0.1) is 6.10 Å². The Kier molecular flexibility index (Phi) is 7.00. The summed E-state index contributed by atoms with van der Waals surface area (Å²) >= 11 is 0. The van der Waals surface area contributed by atoms with Crippen LogP contribution in [-0.2, 0) is 11.3 Å². The topological polar surface area (TPSA) is 105 Å². The second-order valence-corrected chi connectivity index (χ2v) is 6.36. The molecule has 0 bridgehead atoms. The van der Waals surface area contributed by atoms with Gasteiger partial charge in [-0.25, -0.2) is 4.79 Å². The lowest BCUT2D eigenvalue weighted by Crippen LogP contribution is -2.29. The minimum Gasteiger partial charge on any atom is -0.445 e. The molecule has 2 rings (SSSR count). The summed E-state index contributed by atoms with van der Waals surface area (Å²) < 4.78 is 5.09. The van der Waals surface area contributed by atoms with E-state index >= 15 is 0 Å². The molecule has 140 valence electrons. The fourth-order valence-electron chi connectivity index (χ4n) is 2.66. The number of carbonyl (C=O) groups excluding carboxylic acids is 1. The highest BCUT2D eigenvalue weighted by Gasteiger charge is 2.19. The van der Waals surface area contributed by atoms with Crippen molar-refractivity contribution in [3.05, 3.63) is 64.7 Å². The van der Waals surface area contributed by atoms with Crippen LogP contribution in [0.4, 0.5) is 10.5 Å².